The first-order chi connectivity index (χ1) is 10.8. The van der Waals surface area contributed by atoms with E-state index in [9.17, 15) is 17.6 Å². The first-order valence-corrected chi connectivity index (χ1v) is 8.42. The molecular weight excluding hydrogens is 319 g/mol. The van der Waals surface area contributed by atoms with E-state index in [2.05, 4.69) is 10.0 Å². The molecule has 0 bridgehead atoms. The first-order valence-electron chi connectivity index (χ1n) is 6.94. The first kappa shape index (κ1) is 17.1. The third kappa shape index (κ3) is 4.37. The van der Waals surface area contributed by atoms with Gasteiger partial charge in [-0.3, -0.25) is 4.79 Å². The van der Waals surface area contributed by atoms with Crippen molar-refractivity contribution in [1.82, 2.24) is 4.72 Å². The van der Waals surface area contributed by atoms with E-state index < -0.39 is 27.8 Å². The molecule has 1 amide bonds. The molecule has 0 aromatic heterocycles. The summed E-state index contributed by atoms with van der Waals surface area (Å²) in [5.74, 6) is -1.01. The van der Waals surface area contributed by atoms with Crippen LogP contribution >= 0.6 is 0 Å². The third-order valence-electron chi connectivity index (χ3n) is 3.25. The molecule has 2 N–H and O–H groups in total. The number of nitrogens with one attached hydrogen (secondary N) is 2. The van der Waals surface area contributed by atoms with Crippen molar-refractivity contribution in [3.63, 3.8) is 0 Å². The molecule has 7 heteroatoms. The molecule has 0 unspecified atom stereocenters. The van der Waals surface area contributed by atoms with Gasteiger partial charge in [-0.1, -0.05) is 18.2 Å². The maximum absolute atomic E-state index is 12.9. The summed E-state index contributed by atoms with van der Waals surface area (Å²) in [6.07, 6.45) is 0. The van der Waals surface area contributed by atoms with Gasteiger partial charge in [-0.05, 0) is 49.7 Å². The van der Waals surface area contributed by atoms with Gasteiger partial charge >= 0.3 is 0 Å². The fraction of sp³-hybridized carbons (Fsp3) is 0.188. The van der Waals surface area contributed by atoms with E-state index in [0.717, 1.165) is 29.8 Å². The number of hydrogen-bond acceptors (Lipinski definition) is 3. The molecule has 1 atom stereocenters. The van der Waals surface area contributed by atoms with Gasteiger partial charge in [-0.2, -0.15) is 4.72 Å². The van der Waals surface area contributed by atoms with Crippen LogP contribution in [0.4, 0.5) is 10.1 Å². The van der Waals surface area contributed by atoms with Crippen LogP contribution < -0.4 is 10.0 Å². The number of carbonyl (C=O) groups is 1. The molecule has 0 radical (unpaired) electrons. The highest BCUT2D eigenvalue weighted by molar-refractivity contribution is 7.89. The Bertz CT molecular complexity index is 804. The second kappa shape index (κ2) is 6.89. The van der Waals surface area contributed by atoms with Gasteiger partial charge in [0.2, 0.25) is 15.9 Å². The smallest absolute Gasteiger partial charge is 0.242 e. The van der Waals surface area contributed by atoms with E-state index in [-0.39, 0.29) is 4.90 Å². The molecule has 0 saturated heterocycles. The van der Waals surface area contributed by atoms with Crippen LogP contribution in [0.5, 0.6) is 0 Å². The number of aryl methyl sites for hydroxylation is 1. The molecule has 0 aliphatic carbocycles. The summed E-state index contributed by atoms with van der Waals surface area (Å²) < 4.78 is 39.5. The lowest BCUT2D eigenvalue weighted by atomic mass is 10.2. The van der Waals surface area contributed by atoms with Gasteiger partial charge < -0.3 is 5.32 Å². The van der Waals surface area contributed by atoms with E-state index in [1.807, 2.05) is 19.1 Å². The van der Waals surface area contributed by atoms with Crippen LogP contribution in [-0.2, 0) is 14.8 Å². The van der Waals surface area contributed by atoms with Crippen LogP contribution in [0.25, 0.3) is 0 Å². The van der Waals surface area contributed by atoms with Crippen LogP contribution in [0.1, 0.15) is 12.5 Å². The zero-order valence-corrected chi connectivity index (χ0v) is 13.5. The lowest BCUT2D eigenvalue weighted by molar-refractivity contribution is -0.117. The van der Waals surface area contributed by atoms with E-state index in [4.69, 9.17) is 0 Å². The SMILES string of the molecule is Cc1ccccc1NC(=O)[C@H](C)NS(=O)(=O)c1ccc(F)cc1. The molecule has 0 saturated carbocycles. The van der Waals surface area contributed by atoms with Gasteiger partial charge in [-0.25, -0.2) is 12.8 Å². The number of anilines is 1. The highest BCUT2D eigenvalue weighted by atomic mass is 32.2. The van der Waals surface area contributed by atoms with Crippen molar-refractivity contribution in [3.05, 3.63) is 59.9 Å². The second-order valence-electron chi connectivity index (χ2n) is 5.10. The van der Waals surface area contributed by atoms with E-state index in [1.165, 1.54) is 6.92 Å². The molecule has 0 aliphatic heterocycles. The van der Waals surface area contributed by atoms with Crippen molar-refractivity contribution in [2.24, 2.45) is 0 Å². The number of rotatable bonds is 5. The summed E-state index contributed by atoms with van der Waals surface area (Å²) in [6.45, 7) is 3.28. The Morgan fingerprint density at radius 2 is 1.70 bits per heavy atom. The molecule has 0 heterocycles. The van der Waals surface area contributed by atoms with Gasteiger partial charge in [0.25, 0.3) is 0 Å². The van der Waals surface area contributed by atoms with Gasteiger partial charge in [-0.15, -0.1) is 0 Å². The van der Waals surface area contributed by atoms with Crippen molar-refractivity contribution in [1.29, 1.82) is 0 Å². The summed E-state index contributed by atoms with van der Waals surface area (Å²) in [5, 5.41) is 2.67. The summed E-state index contributed by atoms with van der Waals surface area (Å²) in [7, 11) is -3.90. The van der Waals surface area contributed by atoms with Gasteiger partial charge in [0, 0.05) is 5.69 Å². The largest absolute Gasteiger partial charge is 0.324 e. The number of benzene rings is 2. The average molecular weight is 336 g/mol. The molecule has 122 valence electrons. The van der Waals surface area contributed by atoms with Crippen LogP contribution in [-0.4, -0.2) is 20.4 Å². The minimum absolute atomic E-state index is 0.102. The molecule has 23 heavy (non-hydrogen) atoms. The predicted octanol–water partition coefficient (Wildman–Crippen LogP) is 2.44. The zero-order chi connectivity index (χ0) is 17.0. The summed E-state index contributed by atoms with van der Waals surface area (Å²) in [6, 6.07) is 10.6. The van der Waals surface area contributed by atoms with Crippen molar-refractivity contribution in [2.45, 2.75) is 24.8 Å². The monoisotopic (exact) mass is 336 g/mol. The molecule has 0 aliphatic rings. The molecule has 2 aromatic rings. The van der Waals surface area contributed by atoms with Crippen LogP contribution in [0.2, 0.25) is 0 Å². The van der Waals surface area contributed by atoms with Crippen molar-refractivity contribution in [2.75, 3.05) is 5.32 Å². The fourth-order valence-electron chi connectivity index (χ4n) is 1.92. The van der Waals surface area contributed by atoms with E-state index in [0.29, 0.717) is 5.69 Å². The second-order valence-corrected chi connectivity index (χ2v) is 6.82. The lowest BCUT2D eigenvalue weighted by Crippen LogP contribution is -2.41. The Balaban J connectivity index is 2.08. The number of hydrogen-bond donors (Lipinski definition) is 2. The number of sulfonamides is 1. The maximum Gasteiger partial charge on any atom is 0.242 e. The summed E-state index contributed by atoms with van der Waals surface area (Å²) in [5.41, 5.74) is 1.49. The minimum atomic E-state index is -3.90. The van der Waals surface area contributed by atoms with Crippen LogP contribution in [0.3, 0.4) is 0 Å². The predicted molar refractivity (Wildman–Crippen MR) is 86.0 cm³/mol. The van der Waals surface area contributed by atoms with Crippen LogP contribution in [0, 0.1) is 12.7 Å². The summed E-state index contributed by atoms with van der Waals surface area (Å²) in [4.78, 5) is 12.0. The number of halogens is 1. The minimum Gasteiger partial charge on any atom is -0.324 e. The Labute approximate surface area is 134 Å². The number of para-hydroxylation sites is 1. The van der Waals surface area contributed by atoms with E-state index in [1.54, 1.807) is 12.1 Å². The Morgan fingerprint density at radius 3 is 2.30 bits per heavy atom. The van der Waals surface area contributed by atoms with E-state index >= 15 is 0 Å². The third-order valence-corrected chi connectivity index (χ3v) is 4.81. The Hall–Kier alpha value is -2.25. The molecular formula is C16H17FN2O3S. The fourth-order valence-corrected chi connectivity index (χ4v) is 3.13. The van der Waals surface area contributed by atoms with Crippen molar-refractivity contribution < 1.29 is 17.6 Å². The van der Waals surface area contributed by atoms with Crippen LogP contribution in [0.15, 0.2) is 53.4 Å². The molecule has 0 fully saturated rings. The molecule has 2 aromatic carbocycles. The summed E-state index contributed by atoms with van der Waals surface area (Å²) >= 11 is 0. The topological polar surface area (TPSA) is 75.3 Å². The number of carbonyl (C=O) groups excluding carboxylic acids is 1. The highest BCUT2D eigenvalue weighted by Gasteiger charge is 2.22. The quantitative estimate of drug-likeness (QED) is 0.880. The average Bonchev–Trinajstić information content (AvgIpc) is 2.49. The number of amides is 1. The van der Waals surface area contributed by atoms with Gasteiger partial charge in [0.1, 0.15) is 5.82 Å². The zero-order valence-electron chi connectivity index (χ0n) is 12.7. The molecule has 0 spiro atoms. The highest BCUT2D eigenvalue weighted by Crippen LogP contribution is 2.14. The normalized spacial score (nSPS) is 12.7. The standard InChI is InChI=1S/C16H17FN2O3S/c1-11-5-3-4-6-15(11)18-16(20)12(2)19-23(21,22)14-9-7-13(17)8-10-14/h3-10,12,19H,1-2H3,(H,18,20)/t12-/m0/s1. The molecule has 5 nitrogen and oxygen atoms in total. The van der Waals surface area contributed by atoms with Crippen molar-refractivity contribution >= 4 is 21.6 Å². The lowest BCUT2D eigenvalue weighted by Gasteiger charge is -2.15. The van der Waals surface area contributed by atoms with Gasteiger partial charge in [0.15, 0.2) is 0 Å². The van der Waals surface area contributed by atoms with Crippen molar-refractivity contribution in [3.8, 4) is 0 Å². The Kier molecular flexibility index (Phi) is 5.12. The Morgan fingerprint density at radius 1 is 1.09 bits per heavy atom. The molecule has 2 rings (SSSR count). The van der Waals surface area contributed by atoms with Gasteiger partial charge in [0.05, 0.1) is 10.9 Å². The maximum atomic E-state index is 12.9.